The molecule has 0 bridgehead atoms. The minimum Gasteiger partial charge on any atom is -0.494 e. The monoisotopic (exact) mass is 456 g/mol. The van der Waals surface area contributed by atoms with Gasteiger partial charge in [-0.2, -0.15) is 0 Å². The van der Waals surface area contributed by atoms with E-state index in [1.54, 1.807) is 5.38 Å². The van der Waals surface area contributed by atoms with Gasteiger partial charge in [-0.3, -0.25) is 14.9 Å². The summed E-state index contributed by atoms with van der Waals surface area (Å²) in [5.41, 5.74) is 1.62. The Balaban J connectivity index is 1.36. The number of benzene rings is 2. The number of carbonyl (C=O) groups is 2. The van der Waals surface area contributed by atoms with E-state index in [9.17, 15) is 14.0 Å². The van der Waals surface area contributed by atoms with Gasteiger partial charge in [0.25, 0.3) is 5.91 Å². The summed E-state index contributed by atoms with van der Waals surface area (Å²) in [4.78, 5) is 33.2. The Bertz CT molecular complexity index is 1240. The minimum absolute atomic E-state index is 0.0447. The van der Waals surface area contributed by atoms with Gasteiger partial charge in [0.15, 0.2) is 10.3 Å². The Morgan fingerprint density at radius 1 is 1.06 bits per heavy atom. The molecule has 0 unspecified atom stereocenters. The van der Waals surface area contributed by atoms with E-state index < -0.39 is 11.7 Å². The van der Waals surface area contributed by atoms with Crippen LogP contribution in [0, 0.1) is 5.82 Å². The van der Waals surface area contributed by atoms with E-state index in [-0.39, 0.29) is 12.3 Å². The first-order chi connectivity index (χ1) is 15.0. The minimum atomic E-state index is -0.415. The second-order valence-corrected chi connectivity index (χ2v) is 8.30. The van der Waals surface area contributed by atoms with Gasteiger partial charge < -0.3 is 10.1 Å². The van der Waals surface area contributed by atoms with Gasteiger partial charge in [-0.1, -0.05) is 11.3 Å². The molecular weight excluding hydrogens is 439 g/mol. The molecule has 0 spiro atoms. The van der Waals surface area contributed by atoms with Crippen LogP contribution < -0.4 is 15.4 Å². The first kappa shape index (κ1) is 20.9. The highest BCUT2D eigenvalue weighted by atomic mass is 32.1. The molecule has 0 aliphatic rings. The zero-order chi connectivity index (χ0) is 21.8. The number of carbonyl (C=O) groups excluding carboxylic acids is 2. The molecule has 4 rings (SSSR count). The molecule has 0 saturated carbocycles. The van der Waals surface area contributed by atoms with Crippen molar-refractivity contribution in [3.8, 4) is 5.75 Å². The molecule has 0 radical (unpaired) electrons. The van der Waals surface area contributed by atoms with Crippen LogP contribution in [0.4, 0.5) is 14.7 Å². The van der Waals surface area contributed by atoms with E-state index in [4.69, 9.17) is 4.74 Å². The molecule has 0 aliphatic carbocycles. The lowest BCUT2D eigenvalue weighted by atomic mass is 10.2. The summed E-state index contributed by atoms with van der Waals surface area (Å²) in [7, 11) is 0. The molecule has 2 aromatic heterocycles. The lowest BCUT2D eigenvalue weighted by Crippen LogP contribution is -2.15. The highest BCUT2D eigenvalue weighted by molar-refractivity contribution is 7.22. The quantitative estimate of drug-likeness (QED) is 0.420. The number of nitrogens with one attached hydrogen (secondary N) is 2. The van der Waals surface area contributed by atoms with Crippen molar-refractivity contribution < 1.29 is 18.7 Å². The Hall–Kier alpha value is -3.37. The standard InChI is InChI=1S/C21H17FN4O3S2/c1-2-29-15-7-8-16-17(10-15)31-21(24-16)25-18(27)9-14-11-30-20(23-14)26-19(28)12-3-5-13(22)6-4-12/h3-8,10-11H,2,9H2,1H3,(H,23,26,28)(H,24,25,27). The number of rotatable bonds is 7. The summed E-state index contributed by atoms with van der Waals surface area (Å²) < 4.78 is 19.4. The fourth-order valence-electron chi connectivity index (χ4n) is 2.76. The molecule has 2 aromatic carbocycles. The number of amides is 2. The molecule has 0 atom stereocenters. The van der Waals surface area contributed by atoms with Gasteiger partial charge in [0.1, 0.15) is 11.6 Å². The first-order valence-electron chi connectivity index (χ1n) is 9.34. The van der Waals surface area contributed by atoms with Crippen molar-refractivity contribution in [3.63, 3.8) is 0 Å². The number of hydrogen-bond donors (Lipinski definition) is 2. The van der Waals surface area contributed by atoms with E-state index in [1.165, 1.54) is 46.9 Å². The Morgan fingerprint density at radius 3 is 2.65 bits per heavy atom. The van der Waals surface area contributed by atoms with Crippen LogP contribution >= 0.6 is 22.7 Å². The third-order valence-electron chi connectivity index (χ3n) is 4.14. The molecule has 31 heavy (non-hydrogen) atoms. The predicted octanol–water partition coefficient (Wildman–Crippen LogP) is 4.72. The maximum absolute atomic E-state index is 13.0. The fourth-order valence-corrected chi connectivity index (χ4v) is 4.37. The molecule has 158 valence electrons. The van der Waals surface area contributed by atoms with Crippen molar-refractivity contribution in [2.45, 2.75) is 13.3 Å². The second-order valence-electron chi connectivity index (χ2n) is 6.41. The number of nitrogens with zero attached hydrogens (tertiary/aromatic N) is 2. The Morgan fingerprint density at radius 2 is 1.87 bits per heavy atom. The number of halogens is 1. The predicted molar refractivity (Wildman–Crippen MR) is 120 cm³/mol. The van der Waals surface area contributed by atoms with E-state index in [0.717, 1.165) is 16.0 Å². The molecule has 7 nitrogen and oxygen atoms in total. The summed E-state index contributed by atoms with van der Waals surface area (Å²) in [6.07, 6.45) is 0.0447. The maximum atomic E-state index is 13.0. The van der Waals surface area contributed by atoms with E-state index >= 15 is 0 Å². The van der Waals surface area contributed by atoms with Crippen LogP contribution in [0.3, 0.4) is 0 Å². The second kappa shape index (κ2) is 9.19. The van der Waals surface area contributed by atoms with Crippen molar-refractivity contribution in [1.29, 1.82) is 0 Å². The molecule has 0 aliphatic heterocycles. The topological polar surface area (TPSA) is 93.2 Å². The highest BCUT2D eigenvalue weighted by Crippen LogP contribution is 2.29. The summed E-state index contributed by atoms with van der Waals surface area (Å²) in [6, 6.07) is 10.8. The van der Waals surface area contributed by atoms with Gasteiger partial charge in [0.2, 0.25) is 5.91 Å². The number of aromatic nitrogens is 2. The molecule has 4 aromatic rings. The molecule has 0 saturated heterocycles. The van der Waals surface area contributed by atoms with Crippen LogP contribution in [-0.2, 0) is 11.2 Å². The molecule has 10 heteroatoms. The van der Waals surface area contributed by atoms with Crippen LogP contribution in [0.2, 0.25) is 0 Å². The van der Waals surface area contributed by atoms with Crippen molar-refractivity contribution in [2.75, 3.05) is 17.2 Å². The maximum Gasteiger partial charge on any atom is 0.257 e. The number of hydrogen-bond acceptors (Lipinski definition) is 7. The van der Waals surface area contributed by atoms with Crippen molar-refractivity contribution in [2.24, 2.45) is 0 Å². The highest BCUT2D eigenvalue weighted by Gasteiger charge is 2.13. The third kappa shape index (κ3) is 5.22. The third-order valence-corrected chi connectivity index (χ3v) is 5.88. The zero-order valence-corrected chi connectivity index (χ0v) is 18.0. The van der Waals surface area contributed by atoms with Crippen molar-refractivity contribution >= 4 is 55.0 Å². The van der Waals surface area contributed by atoms with Crippen molar-refractivity contribution in [1.82, 2.24) is 9.97 Å². The van der Waals surface area contributed by atoms with Gasteiger partial charge in [0.05, 0.1) is 28.9 Å². The van der Waals surface area contributed by atoms with Crippen LogP contribution in [0.25, 0.3) is 10.2 Å². The summed E-state index contributed by atoms with van der Waals surface area (Å²) in [5, 5.41) is 7.99. The van der Waals surface area contributed by atoms with Crippen LogP contribution in [0.5, 0.6) is 5.75 Å². The van der Waals surface area contributed by atoms with E-state index in [2.05, 4.69) is 20.6 Å². The summed E-state index contributed by atoms with van der Waals surface area (Å²) in [5.74, 6) is -0.312. The van der Waals surface area contributed by atoms with Crippen LogP contribution in [0.1, 0.15) is 23.0 Å². The SMILES string of the molecule is CCOc1ccc2nc(NC(=O)Cc3csc(NC(=O)c4ccc(F)cc4)n3)sc2c1. The molecular formula is C21H17FN4O3S2. The fraction of sp³-hybridized carbons (Fsp3) is 0.143. The molecule has 2 N–H and O–H groups in total. The zero-order valence-electron chi connectivity index (χ0n) is 16.3. The Kier molecular flexibility index (Phi) is 6.19. The van der Waals surface area contributed by atoms with Gasteiger partial charge in [0, 0.05) is 10.9 Å². The number of fused-ring (bicyclic) bond motifs is 1. The lowest BCUT2D eigenvalue weighted by molar-refractivity contribution is -0.115. The van der Waals surface area contributed by atoms with E-state index in [0.29, 0.717) is 28.1 Å². The normalized spacial score (nSPS) is 10.8. The van der Waals surface area contributed by atoms with Gasteiger partial charge in [-0.25, -0.2) is 14.4 Å². The molecule has 0 fully saturated rings. The first-order valence-corrected chi connectivity index (χ1v) is 11.0. The van der Waals surface area contributed by atoms with Crippen LogP contribution in [-0.4, -0.2) is 28.4 Å². The average molecular weight is 457 g/mol. The van der Waals surface area contributed by atoms with Gasteiger partial charge >= 0.3 is 0 Å². The Labute approximate surface area is 184 Å². The van der Waals surface area contributed by atoms with Crippen molar-refractivity contribution in [3.05, 3.63) is 64.9 Å². The van der Waals surface area contributed by atoms with Gasteiger partial charge in [-0.05, 0) is 49.4 Å². The lowest BCUT2D eigenvalue weighted by Gasteiger charge is -2.01. The molecule has 2 heterocycles. The number of ether oxygens (including phenoxy) is 1. The smallest absolute Gasteiger partial charge is 0.257 e. The van der Waals surface area contributed by atoms with Gasteiger partial charge in [-0.15, -0.1) is 11.3 Å². The summed E-state index contributed by atoms with van der Waals surface area (Å²) in [6.45, 7) is 2.49. The van der Waals surface area contributed by atoms with Crippen LogP contribution in [0.15, 0.2) is 47.8 Å². The number of anilines is 2. The number of thiazole rings is 2. The average Bonchev–Trinajstić information content (AvgIpc) is 3.34. The largest absolute Gasteiger partial charge is 0.494 e. The van der Waals surface area contributed by atoms with E-state index in [1.807, 2.05) is 25.1 Å². The molecule has 2 amide bonds. The summed E-state index contributed by atoms with van der Waals surface area (Å²) >= 11 is 2.57.